The predicted octanol–water partition coefficient (Wildman–Crippen LogP) is 3.76. The largest absolute Gasteiger partial charge is 0.494 e. The van der Waals surface area contributed by atoms with Gasteiger partial charge in [-0.05, 0) is 30.2 Å². The molecule has 0 aromatic heterocycles. The van der Waals surface area contributed by atoms with Crippen LogP contribution in [0.5, 0.6) is 5.75 Å². The predicted molar refractivity (Wildman–Crippen MR) is 114 cm³/mol. The lowest BCUT2D eigenvalue weighted by Crippen LogP contribution is -2.44. The number of nitrogens with zero attached hydrogens (tertiary/aromatic N) is 1. The third kappa shape index (κ3) is 4.66. The molecule has 1 aliphatic rings. The lowest BCUT2D eigenvalue weighted by molar-refractivity contribution is -0.150. The molecule has 1 heterocycles. The number of allylic oxidation sites excluding steroid dienone is 1. The van der Waals surface area contributed by atoms with Crippen LogP contribution >= 0.6 is 11.8 Å². The van der Waals surface area contributed by atoms with Gasteiger partial charge in [-0.1, -0.05) is 42.5 Å². The lowest BCUT2D eigenvalue weighted by Gasteiger charge is -2.31. The Bertz CT molecular complexity index is 981. The molecule has 2 aromatic rings. The molecule has 0 saturated carbocycles. The van der Waals surface area contributed by atoms with Crippen LogP contribution in [0.25, 0.3) is 0 Å². The van der Waals surface area contributed by atoms with E-state index in [0.717, 1.165) is 5.56 Å². The van der Waals surface area contributed by atoms with E-state index in [0.29, 0.717) is 34.3 Å². The summed E-state index contributed by atoms with van der Waals surface area (Å²) in [7, 11) is 1.24. The first kappa shape index (κ1) is 21.5. The molecule has 6 nitrogen and oxygen atoms in total. The van der Waals surface area contributed by atoms with Crippen molar-refractivity contribution in [2.75, 3.05) is 13.7 Å². The molecule has 0 spiro atoms. The molecule has 1 amide bonds. The minimum absolute atomic E-state index is 0.343. The van der Waals surface area contributed by atoms with Crippen LogP contribution in [-0.4, -0.2) is 25.6 Å². The Hall–Kier alpha value is -3.24. The molecule has 0 bridgehead atoms. The summed E-state index contributed by atoms with van der Waals surface area (Å²) in [5, 5.41) is 13.1. The molecular formula is C23H22N2O4S. The monoisotopic (exact) mass is 422 g/mol. The first-order valence-corrected chi connectivity index (χ1v) is 10.5. The topological polar surface area (TPSA) is 88.4 Å². The van der Waals surface area contributed by atoms with Gasteiger partial charge in [0, 0.05) is 11.7 Å². The van der Waals surface area contributed by atoms with E-state index in [9.17, 15) is 14.9 Å². The summed E-state index contributed by atoms with van der Waals surface area (Å²) in [6.07, 6.45) is 0. The number of nitriles is 1. The maximum atomic E-state index is 12.8. The van der Waals surface area contributed by atoms with Crippen molar-refractivity contribution >= 4 is 23.6 Å². The van der Waals surface area contributed by atoms with Crippen LogP contribution in [0.4, 0.5) is 0 Å². The zero-order chi connectivity index (χ0) is 21.5. The van der Waals surface area contributed by atoms with Gasteiger partial charge in [-0.15, -0.1) is 11.8 Å². The van der Waals surface area contributed by atoms with E-state index in [1.807, 2.05) is 37.3 Å². The number of rotatable bonds is 7. The van der Waals surface area contributed by atoms with Gasteiger partial charge in [0.1, 0.15) is 11.7 Å². The Kier molecular flexibility index (Phi) is 7.15. The van der Waals surface area contributed by atoms with Crippen molar-refractivity contribution in [2.45, 2.75) is 18.6 Å². The fourth-order valence-corrected chi connectivity index (χ4v) is 4.35. The van der Waals surface area contributed by atoms with Gasteiger partial charge in [0.05, 0.1) is 30.4 Å². The Morgan fingerprint density at radius 2 is 1.87 bits per heavy atom. The summed E-state index contributed by atoms with van der Waals surface area (Å²) in [6, 6.07) is 19.1. The number of carbonyl (C=O) groups excluding carboxylic acids is 2. The number of ether oxygens (including phenoxy) is 2. The molecule has 2 atom stereocenters. The molecular weight excluding hydrogens is 400 g/mol. The molecule has 1 N–H and O–H groups in total. The summed E-state index contributed by atoms with van der Waals surface area (Å²) in [6.45, 7) is 2.42. The fraction of sp³-hybridized carbons (Fsp3) is 0.261. The van der Waals surface area contributed by atoms with Gasteiger partial charge in [0.25, 0.3) is 0 Å². The minimum atomic E-state index is -1.14. The smallest absolute Gasteiger partial charge is 0.319 e. The van der Waals surface area contributed by atoms with Crippen LogP contribution in [0.2, 0.25) is 0 Å². The molecule has 0 aliphatic carbocycles. The van der Waals surface area contributed by atoms with E-state index in [1.54, 1.807) is 24.3 Å². The van der Waals surface area contributed by atoms with Gasteiger partial charge in [-0.25, -0.2) is 0 Å². The summed E-state index contributed by atoms with van der Waals surface area (Å²) in [5.41, 5.74) is 2.09. The maximum Gasteiger partial charge on any atom is 0.319 e. The van der Waals surface area contributed by atoms with Crippen LogP contribution in [0, 0.1) is 17.2 Å². The van der Waals surface area contributed by atoms with Crippen molar-refractivity contribution in [3.05, 3.63) is 76.3 Å². The summed E-state index contributed by atoms with van der Waals surface area (Å²) < 4.78 is 10.3. The SMILES string of the molecule is CCOc1ccc([C@H]2C(C#N)=C(SCc3ccccc3)NC(=O)[C@@H]2C(=O)OC)cc1. The van der Waals surface area contributed by atoms with Crippen molar-refractivity contribution in [3.8, 4) is 11.8 Å². The van der Waals surface area contributed by atoms with Crippen molar-refractivity contribution in [2.24, 2.45) is 5.92 Å². The molecule has 7 heteroatoms. The van der Waals surface area contributed by atoms with Gasteiger partial charge in [-0.3, -0.25) is 9.59 Å². The van der Waals surface area contributed by atoms with Gasteiger partial charge >= 0.3 is 5.97 Å². The summed E-state index contributed by atoms with van der Waals surface area (Å²) in [4.78, 5) is 25.3. The highest BCUT2D eigenvalue weighted by molar-refractivity contribution is 8.02. The van der Waals surface area contributed by atoms with E-state index in [2.05, 4.69) is 11.4 Å². The molecule has 2 aromatic carbocycles. The van der Waals surface area contributed by atoms with Gasteiger partial charge < -0.3 is 14.8 Å². The third-order valence-electron chi connectivity index (χ3n) is 4.76. The summed E-state index contributed by atoms with van der Waals surface area (Å²) >= 11 is 1.37. The van der Waals surface area contributed by atoms with E-state index in [1.165, 1.54) is 18.9 Å². The standard InChI is InChI=1S/C23H22N2O4S/c1-3-29-17-11-9-16(10-12-17)19-18(13-24)22(25-21(26)20(19)23(27)28-2)30-14-15-7-5-4-6-8-15/h4-12,19-20H,3,14H2,1-2H3,(H,25,26)/t19-,20+/m0/s1. The molecule has 3 rings (SSSR count). The fourth-order valence-electron chi connectivity index (χ4n) is 3.35. The maximum absolute atomic E-state index is 12.8. The number of hydrogen-bond acceptors (Lipinski definition) is 6. The molecule has 30 heavy (non-hydrogen) atoms. The van der Waals surface area contributed by atoms with Crippen molar-refractivity contribution in [3.63, 3.8) is 0 Å². The average Bonchev–Trinajstić information content (AvgIpc) is 2.78. The zero-order valence-corrected chi connectivity index (χ0v) is 17.6. The number of nitrogens with one attached hydrogen (secondary N) is 1. The number of thioether (sulfide) groups is 1. The number of esters is 1. The van der Waals surface area contributed by atoms with Crippen molar-refractivity contribution < 1.29 is 19.1 Å². The quantitative estimate of drug-likeness (QED) is 0.540. The second-order valence-electron chi connectivity index (χ2n) is 6.60. The van der Waals surface area contributed by atoms with E-state index in [-0.39, 0.29) is 0 Å². The van der Waals surface area contributed by atoms with Gasteiger partial charge in [0.15, 0.2) is 0 Å². The summed E-state index contributed by atoms with van der Waals surface area (Å²) in [5.74, 6) is -1.76. The molecule has 1 aliphatic heterocycles. The van der Waals surface area contributed by atoms with Crippen LogP contribution in [0.3, 0.4) is 0 Å². The second kappa shape index (κ2) is 9.99. The number of amides is 1. The first-order chi connectivity index (χ1) is 14.6. The first-order valence-electron chi connectivity index (χ1n) is 9.51. The Morgan fingerprint density at radius 3 is 2.47 bits per heavy atom. The van der Waals surface area contributed by atoms with Gasteiger partial charge in [0.2, 0.25) is 5.91 Å². The molecule has 0 saturated heterocycles. The molecule has 0 fully saturated rings. The normalized spacial score (nSPS) is 18.4. The Morgan fingerprint density at radius 1 is 1.17 bits per heavy atom. The van der Waals surface area contributed by atoms with Crippen molar-refractivity contribution in [1.29, 1.82) is 5.26 Å². The lowest BCUT2D eigenvalue weighted by atomic mass is 9.78. The van der Waals surface area contributed by atoms with E-state index in [4.69, 9.17) is 9.47 Å². The van der Waals surface area contributed by atoms with Crippen LogP contribution in [-0.2, 0) is 20.1 Å². The number of methoxy groups -OCH3 is 1. The molecule has 0 unspecified atom stereocenters. The number of benzene rings is 2. The minimum Gasteiger partial charge on any atom is -0.494 e. The van der Waals surface area contributed by atoms with Crippen LogP contribution in [0.1, 0.15) is 24.0 Å². The third-order valence-corrected chi connectivity index (χ3v) is 5.85. The average molecular weight is 423 g/mol. The zero-order valence-electron chi connectivity index (χ0n) is 16.8. The van der Waals surface area contributed by atoms with Gasteiger partial charge in [-0.2, -0.15) is 5.26 Å². The Balaban J connectivity index is 2.00. The van der Waals surface area contributed by atoms with E-state index < -0.39 is 23.7 Å². The van der Waals surface area contributed by atoms with Crippen LogP contribution < -0.4 is 10.1 Å². The molecule has 154 valence electrons. The number of hydrogen-bond donors (Lipinski definition) is 1. The molecule has 0 radical (unpaired) electrons. The highest BCUT2D eigenvalue weighted by atomic mass is 32.2. The van der Waals surface area contributed by atoms with Crippen molar-refractivity contribution in [1.82, 2.24) is 5.32 Å². The van der Waals surface area contributed by atoms with Crippen LogP contribution in [0.15, 0.2) is 65.2 Å². The highest BCUT2D eigenvalue weighted by Crippen LogP contribution is 2.41. The highest BCUT2D eigenvalue weighted by Gasteiger charge is 2.44. The van der Waals surface area contributed by atoms with E-state index >= 15 is 0 Å². The second-order valence-corrected chi connectivity index (χ2v) is 7.58. The number of carbonyl (C=O) groups is 2. The Labute approximate surface area is 179 Å².